The van der Waals surface area contributed by atoms with Crippen LogP contribution in [-0.2, 0) is 16.1 Å². The minimum Gasteiger partial charge on any atom is -0.442 e. The van der Waals surface area contributed by atoms with E-state index in [4.69, 9.17) is 10.00 Å². The number of anilines is 3. The Hall–Kier alpha value is -3.94. The van der Waals surface area contributed by atoms with Gasteiger partial charge in [0, 0.05) is 19.2 Å². The lowest BCUT2D eigenvalue weighted by Gasteiger charge is -2.30. The van der Waals surface area contributed by atoms with Gasteiger partial charge in [-0.2, -0.15) is 5.26 Å². The maximum absolute atomic E-state index is 14.8. The molecular formula is C20H20FN7O3. The van der Waals surface area contributed by atoms with Gasteiger partial charge in [0.1, 0.15) is 11.9 Å². The SMILES string of the molecule is N#CC=C1CCN(c2ccc(N3CC(Cn4cc(NC=O)nn4)OC3=O)cc2F)CC1. The summed E-state index contributed by atoms with van der Waals surface area (Å²) in [6, 6.07) is 6.74. The van der Waals surface area contributed by atoms with Crippen LogP contribution in [-0.4, -0.2) is 53.2 Å². The molecule has 0 radical (unpaired) electrons. The number of hydrogen-bond donors (Lipinski definition) is 1. The van der Waals surface area contributed by atoms with Crippen molar-refractivity contribution in [2.24, 2.45) is 0 Å². The second kappa shape index (κ2) is 8.83. The summed E-state index contributed by atoms with van der Waals surface area (Å²) in [4.78, 5) is 26.1. The van der Waals surface area contributed by atoms with Crippen molar-refractivity contribution in [3.05, 3.63) is 41.9 Å². The number of hydrogen-bond acceptors (Lipinski definition) is 7. The Bertz CT molecular complexity index is 1050. The van der Waals surface area contributed by atoms with E-state index in [1.54, 1.807) is 18.2 Å². The van der Waals surface area contributed by atoms with Crippen molar-refractivity contribution in [1.82, 2.24) is 15.0 Å². The Kier molecular flexibility index (Phi) is 5.79. The number of allylic oxidation sites excluding steroid dienone is 1. The Morgan fingerprint density at radius 2 is 2.16 bits per heavy atom. The molecule has 0 aliphatic carbocycles. The highest BCUT2D eigenvalue weighted by Crippen LogP contribution is 2.30. The number of rotatable bonds is 6. The summed E-state index contributed by atoms with van der Waals surface area (Å²) in [6.45, 7) is 1.76. The molecule has 2 amide bonds. The van der Waals surface area contributed by atoms with Gasteiger partial charge in [-0.05, 0) is 31.0 Å². The average molecular weight is 425 g/mol. The first-order chi connectivity index (χ1) is 15.1. The third-order valence-corrected chi connectivity index (χ3v) is 5.27. The van der Waals surface area contributed by atoms with Crippen LogP contribution >= 0.6 is 0 Å². The predicted octanol–water partition coefficient (Wildman–Crippen LogP) is 2.06. The molecule has 2 fully saturated rings. The van der Waals surface area contributed by atoms with Crippen LogP contribution in [0.4, 0.5) is 26.4 Å². The Morgan fingerprint density at radius 1 is 1.35 bits per heavy atom. The van der Waals surface area contributed by atoms with Gasteiger partial charge in [0.25, 0.3) is 0 Å². The summed E-state index contributed by atoms with van der Waals surface area (Å²) in [5.41, 5.74) is 1.96. The number of ether oxygens (including phenoxy) is 1. The topological polar surface area (TPSA) is 116 Å². The molecular weight excluding hydrogens is 405 g/mol. The lowest BCUT2D eigenvalue weighted by atomic mass is 10.0. The van der Waals surface area contributed by atoms with E-state index in [0.29, 0.717) is 36.7 Å². The van der Waals surface area contributed by atoms with Crippen molar-refractivity contribution >= 4 is 29.7 Å². The smallest absolute Gasteiger partial charge is 0.414 e. The molecule has 31 heavy (non-hydrogen) atoms. The number of benzene rings is 1. The molecule has 0 bridgehead atoms. The van der Waals surface area contributed by atoms with E-state index in [1.165, 1.54) is 21.8 Å². The van der Waals surface area contributed by atoms with Crippen molar-refractivity contribution in [2.45, 2.75) is 25.5 Å². The monoisotopic (exact) mass is 425 g/mol. The molecule has 2 saturated heterocycles. The molecule has 160 valence electrons. The predicted molar refractivity (Wildman–Crippen MR) is 109 cm³/mol. The Labute approximate surface area is 177 Å². The second-order valence-corrected chi connectivity index (χ2v) is 7.26. The minimum atomic E-state index is -0.562. The van der Waals surface area contributed by atoms with E-state index < -0.39 is 18.0 Å². The van der Waals surface area contributed by atoms with E-state index >= 15 is 0 Å². The van der Waals surface area contributed by atoms with Crippen LogP contribution < -0.4 is 15.1 Å². The number of nitrogens with one attached hydrogen (secondary N) is 1. The number of cyclic esters (lactones) is 1. The summed E-state index contributed by atoms with van der Waals surface area (Å²) < 4.78 is 21.7. The number of halogens is 1. The van der Waals surface area contributed by atoms with Gasteiger partial charge in [-0.15, -0.1) is 5.10 Å². The van der Waals surface area contributed by atoms with E-state index in [-0.39, 0.29) is 13.1 Å². The largest absolute Gasteiger partial charge is 0.442 e. The second-order valence-electron chi connectivity index (χ2n) is 7.26. The first-order valence-electron chi connectivity index (χ1n) is 9.78. The molecule has 0 saturated carbocycles. The van der Waals surface area contributed by atoms with Crippen LogP contribution in [0.2, 0.25) is 0 Å². The first kappa shape index (κ1) is 20.3. The maximum atomic E-state index is 14.8. The Balaban J connectivity index is 1.41. The van der Waals surface area contributed by atoms with E-state index in [9.17, 15) is 14.0 Å². The highest BCUT2D eigenvalue weighted by atomic mass is 19.1. The van der Waals surface area contributed by atoms with Crippen LogP contribution in [0.5, 0.6) is 0 Å². The summed E-state index contributed by atoms with van der Waals surface area (Å²) in [6.07, 6.45) is 3.97. The minimum absolute atomic E-state index is 0.236. The molecule has 1 unspecified atom stereocenters. The molecule has 1 aromatic heterocycles. The third kappa shape index (κ3) is 4.48. The van der Waals surface area contributed by atoms with Gasteiger partial charge in [-0.25, -0.2) is 13.9 Å². The summed E-state index contributed by atoms with van der Waals surface area (Å²) >= 11 is 0. The highest BCUT2D eigenvalue weighted by molar-refractivity contribution is 5.90. The first-order valence-corrected chi connectivity index (χ1v) is 9.78. The fraction of sp³-hybridized carbons (Fsp3) is 0.350. The molecule has 10 nitrogen and oxygen atoms in total. The number of nitrogens with zero attached hydrogens (tertiary/aromatic N) is 6. The highest BCUT2D eigenvalue weighted by Gasteiger charge is 2.33. The van der Waals surface area contributed by atoms with Gasteiger partial charge in [0.2, 0.25) is 6.41 Å². The number of carbonyl (C=O) groups is 2. The van der Waals surface area contributed by atoms with E-state index in [1.807, 2.05) is 11.0 Å². The molecule has 1 atom stereocenters. The van der Waals surface area contributed by atoms with Crippen molar-refractivity contribution in [2.75, 3.05) is 34.8 Å². The van der Waals surface area contributed by atoms with E-state index in [0.717, 1.165) is 18.4 Å². The van der Waals surface area contributed by atoms with Crippen molar-refractivity contribution in [3.63, 3.8) is 0 Å². The van der Waals surface area contributed by atoms with Crippen LogP contribution in [0.3, 0.4) is 0 Å². The molecule has 2 aliphatic rings. The van der Waals surface area contributed by atoms with Gasteiger partial charge < -0.3 is 15.0 Å². The van der Waals surface area contributed by atoms with Gasteiger partial charge in [0.05, 0.1) is 36.7 Å². The molecule has 0 spiro atoms. The average Bonchev–Trinajstić information content (AvgIpc) is 3.35. The zero-order chi connectivity index (χ0) is 21.8. The lowest BCUT2D eigenvalue weighted by molar-refractivity contribution is -0.105. The number of nitriles is 1. The molecule has 1 aromatic carbocycles. The zero-order valence-corrected chi connectivity index (χ0v) is 16.6. The molecule has 11 heteroatoms. The van der Waals surface area contributed by atoms with Crippen LogP contribution in [0.15, 0.2) is 36.0 Å². The molecule has 4 rings (SSSR count). The van der Waals surface area contributed by atoms with Gasteiger partial charge in [0.15, 0.2) is 5.82 Å². The molecule has 2 aromatic rings. The maximum Gasteiger partial charge on any atom is 0.414 e. The number of piperidine rings is 1. The van der Waals surface area contributed by atoms with Gasteiger partial charge in [-0.1, -0.05) is 10.8 Å². The fourth-order valence-corrected chi connectivity index (χ4v) is 3.74. The number of amides is 2. The molecule has 3 heterocycles. The van der Waals surface area contributed by atoms with Crippen LogP contribution in [0.1, 0.15) is 12.8 Å². The number of aromatic nitrogens is 3. The van der Waals surface area contributed by atoms with Gasteiger partial charge >= 0.3 is 6.09 Å². The van der Waals surface area contributed by atoms with Crippen molar-refractivity contribution in [3.8, 4) is 6.07 Å². The summed E-state index contributed by atoms with van der Waals surface area (Å²) in [5, 5.41) is 18.8. The summed E-state index contributed by atoms with van der Waals surface area (Å²) in [7, 11) is 0. The van der Waals surface area contributed by atoms with Crippen molar-refractivity contribution in [1.29, 1.82) is 5.26 Å². The fourth-order valence-electron chi connectivity index (χ4n) is 3.74. The quantitative estimate of drug-likeness (QED) is 0.556. The number of carbonyl (C=O) groups excluding carboxylic acids is 2. The van der Waals surface area contributed by atoms with Crippen LogP contribution in [0.25, 0.3) is 0 Å². The Morgan fingerprint density at radius 3 is 2.87 bits per heavy atom. The normalized spacial score (nSPS) is 18.5. The standard InChI is InChI=1S/C20H20FN7O3/c21-17-9-15(1-2-18(17)26-7-4-14(3-6-22)5-8-26)28-11-16(31-20(28)30)10-27-12-19(23-13-29)24-25-27/h1-3,9,12-13,16H,4-5,7-8,10-11H2,(H,23,29). The van der Waals surface area contributed by atoms with E-state index in [2.05, 4.69) is 15.6 Å². The zero-order valence-electron chi connectivity index (χ0n) is 16.6. The molecule has 2 aliphatic heterocycles. The third-order valence-electron chi connectivity index (χ3n) is 5.27. The van der Waals surface area contributed by atoms with Crippen LogP contribution in [0, 0.1) is 17.1 Å². The summed E-state index contributed by atoms with van der Waals surface area (Å²) in [5.74, 6) is -0.121. The molecule has 1 N–H and O–H groups in total. The van der Waals surface area contributed by atoms with Crippen molar-refractivity contribution < 1.29 is 18.7 Å². The van der Waals surface area contributed by atoms with Gasteiger partial charge in [-0.3, -0.25) is 9.69 Å². The lowest BCUT2D eigenvalue weighted by Crippen LogP contribution is -2.31.